The lowest BCUT2D eigenvalue weighted by Crippen LogP contribution is -2.36. The van der Waals surface area contributed by atoms with E-state index in [2.05, 4.69) is 4.98 Å². The molecule has 0 atom stereocenters. The van der Waals surface area contributed by atoms with Gasteiger partial charge in [-0.15, -0.1) is 0 Å². The van der Waals surface area contributed by atoms with E-state index in [4.69, 9.17) is 0 Å². The summed E-state index contributed by atoms with van der Waals surface area (Å²) in [5.41, 5.74) is -1.05. The van der Waals surface area contributed by atoms with E-state index in [1.807, 2.05) is 24.3 Å². The van der Waals surface area contributed by atoms with Crippen molar-refractivity contribution < 1.29 is 31.5 Å². The topological polar surface area (TPSA) is 87.6 Å². The zero-order valence-electron chi connectivity index (χ0n) is 20.8. The van der Waals surface area contributed by atoms with Crippen LogP contribution >= 0.6 is 0 Å². The molecule has 0 amide bonds. The zero-order chi connectivity index (χ0) is 27.9. The van der Waals surface area contributed by atoms with Crippen LogP contribution in [0.5, 0.6) is 0 Å². The van der Waals surface area contributed by atoms with Crippen molar-refractivity contribution in [2.75, 3.05) is 4.31 Å². The number of hydrogen-bond donors (Lipinski definition) is 1. The number of aromatic nitrogens is 1. The van der Waals surface area contributed by atoms with Crippen LogP contribution in [0.25, 0.3) is 10.8 Å². The summed E-state index contributed by atoms with van der Waals surface area (Å²) in [5, 5.41) is 10.8. The second-order valence-corrected chi connectivity index (χ2v) is 11.3. The van der Waals surface area contributed by atoms with Gasteiger partial charge in [-0.1, -0.05) is 48.5 Å². The lowest BCUT2D eigenvalue weighted by atomic mass is 9.83. The Morgan fingerprint density at radius 2 is 1.55 bits per heavy atom. The molecule has 38 heavy (non-hydrogen) atoms. The van der Waals surface area contributed by atoms with Gasteiger partial charge in [0.05, 0.1) is 22.4 Å². The standard InChI is InChI=1S/C28H25F3N2O4S/c1-18-24-7-5-4-6-21(24)16-32-25(18)33(38(36,37)23-14-10-20(11-15-23)26(34)35)17-19-8-12-22(13-9-19)27(2,3)28(29,30)31/h4-16H,17H2,1-3H3,(H,34,35). The SMILES string of the molecule is Cc1c(N(Cc2ccc(C(C)(C)C(F)(F)F)cc2)S(=O)(=O)c2ccc(C(=O)O)cc2)ncc2ccccc12. The Hall–Kier alpha value is -3.92. The molecule has 0 unspecified atom stereocenters. The molecule has 6 nitrogen and oxygen atoms in total. The van der Waals surface area contributed by atoms with Gasteiger partial charge in [0.25, 0.3) is 10.0 Å². The van der Waals surface area contributed by atoms with Gasteiger partial charge in [-0.25, -0.2) is 22.5 Å². The van der Waals surface area contributed by atoms with Crippen molar-refractivity contribution in [3.8, 4) is 0 Å². The molecule has 4 aromatic rings. The Labute approximate surface area is 218 Å². The molecule has 1 N–H and O–H groups in total. The van der Waals surface area contributed by atoms with Gasteiger partial charge in [0.15, 0.2) is 0 Å². The number of hydrogen-bond acceptors (Lipinski definition) is 4. The summed E-state index contributed by atoms with van der Waals surface area (Å²) < 4.78 is 69.3. The zero-order valence-corrected chi connectivity index (χ0v) is 21.6. The summed E-state index contributed by atoms with van der Waals surface area (Å²) in [6.45, 7) is 3.71. The van der Waals surface area contributed by atoms with E-state index in [0.717, 1.165) is 28.9 Å². The van der Waals surface area contributed by atoms with Gasteiger partial charge in [-0.05, 0) is 61.5 Å². The predicted octanol–water partition coefficient (Wildman–Crippen LogP) is 6.48. The average Bonchev–Trinajstić information content (AvgIpc) is 2.87. The highest BCUT2D eigenvalue weighted by molar-refractivity contribution is 7.92. The molecule has 0 aliphatic heterocycles. The van der Waals surface area contributed by atoms with E-state index in [0.29, 0.717) is 11.1 Å². The van der Waals surface area contributed by atoms with E-state index in [1.165, 1.54) is 48.5 Å². The van der Waals surface area contributed by atoms with Crippen molar-refractivity contribution >= 4 is 32.6 Å². The van der Waals surface area contributed by atoms with Crippen molar-refractivity contribution in [1.82, 2.24) is 4.98 Å². The summed E-state index contributed by atoms with van der Waals surface area (Å²) >= 11 is 0. The van der Waals surface area contributed by atoms with Crippen LogP contribution in [0, 0.1) is 6.92 Å². The number of carbonyl (C=O) groups is 1. The van der Waals surface area contributed by atoms with Crippen LogP contribution in [-0.4, -0.2) is 30.7 Å². The third-order valence-electron chi connectivity index (χ3n) is 6.66. The van der Waals surface area contributed by atoms with Crippen molar-refractivity contribution in [3.05, 3.63) is 101 Å². The molecular weight excluding hydrogens is 517 g/mol. The Kier molecular flexibility index (Phi) is 6.96. The molecule has 0 radical (unpaired) electrons. The Balaban J connectivity index is 1.81. The van der Waals surface area contributed by atoms with Crippen LogP contribution in [0.4, 0.5) is 19.0 Å². The molecule has 0 aliphatic rings. The molecule has 1 heterocycles. The molecule has 3 aromatic carbocycles. The molecule has 1 aromatic heterocycles. The number of benzene rings is 3. The molecule has 0 saturated heterocycles. The summed E-state index contributed by atoms with van der Waals surface area (Å²) in [4.78, 5) is 15.5. The number of rotatable bonds is 7. The van der Waals surface area contributed by atoms with Gasteiger partial charge in [0.2, 0.25) is 0 Å². The van der Waals surface area contributed by atoms with Crippen molar-refractivity contribution in [2.45, 2.75) is 43.8 Å². The van der Waals surface area contributed by atoms with E-state index in [-0.39, 0.29) is 28.4 Å². The molecule has 0 saturated carbocycles. The first kappa shape index (κ1) is 27.1. The number of anilines is 1. The molecule has 0 bridgehead atoms. The number of carboxylic acids is 1. The molecule has 0 fully saturated rings. The minimum Gasteiger partial charge on any atom is -0.478 e. The monoisotopic (exact) mass is 542 g/mol. The van der Waals surface area contributed by atoms with Crippen molar-refractivity contribution in [2.24, 2.45) is 0 Å². The van der Waals surface area contributed by atoms with Gasteiger partial charge in [0.1, 0.15) is 5.82 Å². The average molecular weight is 543 g/mol. The van der Waals surface area contributed by atoms with Gasteiger partial charge in [0, 0.05) is 17.1 Å². The summed E-state index contributed by atoms with van der Waals surface area (Å²) in [6.07, 6.45) is -2.90. The maximum atomic E-state index is 13.9. The summed E-state index contributed by atoms with van der Waals surface area (Å²) in [7, 11) is -4.25. The second-order valence-electron chi connectivity index (χ2n) is 9.45. The van der Waals surface area contributed by atoms with Crippen LogP contribution in [0.1, 0.15) is 40.9 Å². The first-order chi connectivity index (χ1) is 17.7. The number of carboxylic acid groups (broad SMARTS) is 1. The summed E-state index contributed by atoms with van der Waals surface area (Å²) in [5.74, 6) is -1.04. The third-order valence-corrected chi connectivity index (χ3v) is 8.41. The fourth-order valence-electron chi connectivity index (χ4n) is 4.08. The van der Waals surface area contributed by atoms with Gasteiger partial charge in [-0.2, -0.15) is 13.2 Å². The highest BCUT2D eigenvalue weighted by atomic mass is 32.2. The number of sulfonamides is 1. The highest BCUT2D eigenvalue weighted by Gasteiger charge is 2.48. The van der Waals surface area contributed by atoms with Crippen LogP contribution in [0.3, 0.4) is 0 Å². The Bertz CT molecular complexity index is 1600. The first-order valence-corrected chi connectivity index (χ1v) is 13.0. The van der Waals surface area contributed by atoms with Gasteiger partial charge >= 0.3 is 12.1 Å². The number of pyridine rings is 1. The fourth-order valence-corrected chi connectivity index (χ4v) is 5.54. The highest BCUT2D eigenvalue weighted by Crippen LogP contribution is 2.40. The number of halogens is 3. The lowest BCUT2D eigenvalue weighted by Gasteiger charge is -2.29. The molecule has 0 aliphatic carbocycles. The number of fused-ring (bicyclic) bond motifs is 1. The second kappa shape index (κ2) is 9.75. The summed E-state index contributed by atoms with van der Waals surface area (Å²) in [6, 6.07) is 17.8. The van der Waals surface area contributed by atoms with E-state index in [1.54, 1.807) is 13.1 Å². The normalized spacial score (nSPS) is 12.5. The fraction of sp³-hybridized carbons (Fsp3) is 0.214. The number of aryl methyl sites for hydroxylation is 1. The lowest BCUT2D eigenvalue weighted by molar-refractivity contribution is -0.180. The molecular formula is C28H25F3N2O4S. The quantitative estimate of drug-likeness (QED) is 0.289. The number of alkyl halides is 3. The third kappa shape index (κ3) is 4.96. The first-order valence-electron chi connectivity index (χ1n) is 11.6. The van der Waals surface area contributed by atoms with Crippen molar-refractivity contribution in [1.29, 1.82) is 0 Å². The predicted molar refractivity (Wildman–Crippen MR) is 139 cm³/mol. The molecule has 4 rings (SSSR count). The molecule has 10 heteroatoms. The van der Waals surface area contributed by atoms with E-state index < -0.39 is 27.6 Å². The largest absolute Gasteiger partial charge is 0.478 e. The van der Waals surface area contributed by atoms with Crippen LogP contribution in [0.2, 0.25) is 0 Å². The van der Waals surface area contributed by atoms with Gasteiger partial charge in [-0.3, -0.25) is 0 Å². The molecule has 198 valence electrons. The molecule has 0 spiro atoms. The van der Waals surface area contributed by atoms with E-state index in [9.17, 15) is 31.5 Å². The Morgan fingerprint density at radius 3 is 2.13 bits per heavy atom. The maximum absolute atomic E-state index is 13.9. The Morgan fingerprint density at radius 1 is 0.947 bits per heavy atom. The minimum atomic E-state index is -4.46. The smallest absolute Gasteiger partial charge is 0.397 e. The minimum absolute atomic E-state index is 0.0485. The van der Waals surface area contributed by atoms with Crippen LogP contribution in [0.15, 0.2) is 83.9 Å². The number of aromatic carboxylic acids is 1. The number of nitrogens with zero attached hydrogens (tertiary/aromatic N) is 2. The maximum Gasteiger partial charge on any atom is 0.397 e. The van der Waals surface area contributed by atoms with Crippen LogP contribution < -0.4 is 4.31 Å². The van der Waals surface area contributed by atoms with Gasteiger partial charge < -0.3 is 5.11 Å². The van der Waals surface area contributed by atoms with Crippen LogP contribution in [-0.2, 0) is 22.0 Å². The van der Waals surface area contributed by atoms with Crippen molar-refractivity contribution in [3.63, 3.8) is 0 Å². The van der Waals surface area contributed by atoms with E-state index >= 15 is 0 Å².